The van der Waals surface area contributed by atoms with Gasteiger partial charge in [-0.25, -0.2) is 9.37 Å². The van der Waals surface area contributed by atoms with Crippen molar-refractivity contribution in [2.75, 3.05) is 13.2 Å². The van der Waals surface area contributed by atoms with Crippen molar-refractivity contribution < 1.29 is 13.9 Å². The van der Waals surface area contributed by atoms with Crippen LogP contribution in [0.1, 0.15) is 29.6 Å². The summed E-state index contributed by atoms with van der Waals surface area (Å²) in [7, 11) is 0. The molecule has 0 radical (unpaired) electrons. The van der Waals surface area contributed by atoms with Crippen LogP contribution in [0.3, 0.4) is 0 Å². The lowest BCUT2D eigenvalue weighted by atomic mass is 10.0. The average molecular weight is 318 g/mol. The summed E-state index contributed by atoms with van der Waals surface area (Å²) < 4.78 is 19.0. The molecule has 0 aliphatic carbocycles. The Balaban J connectivity index is 1.56. The fraction of sp³-hybridized carbons (Fsp3) is 0.438. The summed E-state index contributed by atoms with van der Waals surface area (Å²) in [5.41, 5.74) is 0.548. The molecule has 0 saturated carbocycles. The third-order valence-corrected chi connectivity index (χ3v) is 3.95. The molecule has 2 atom stereocenters. The molecule has 1 aliphatic rings. The molecule has 122 valence electrons. The lowest BCUT2D eigenvalue weighted by molar-refractivity contribution is -0.121. The highest BCUT2D eigenvalue weighted by molar-refractivity contribution is 5.76. The van der Waals surface area contributed by atoms with Gasteiger partial charge < -0.3 is 10.1 Å². The van der Waals surface area contributed by atoms with Gasteiger partial charge in [0.2, 0.25) is 5.91 Å². The summed E-state index contributed by atoms with van der Waals surface area (Å²) in [5, 5.41) is 9.89. The number of rotatable bonds is 5. The summed E-state index contributed by atoms with van der Waals surface area (Å²) in [6.07, 6.45) is 0.605. The van der Waals surface area contributed by atoms with Crippen molar-refractivity contribution in [3.63, 3.8) is 0 Å². The van der Waals surface area contributed by atoms with E-state index in [1.807, 2.05) is 6.92 Å². The fourth-order valence-electron chi connectivity index (χ4n) is 2.71. The average Bonchev–Trinajstić information content (AvgIpc) is 3.15. The number of halogens is 1. The van der Waals surface area contributed by atoms with Crippen molar-refractivity contribution in [2.24, 2.45) is 0 Å². The first-order valence-electron chi connectivity index (χ1n) is 7.63. The first-order chi connectivity index (χ1) is 11.1. The third kappa shape index (κ3) is 3.73. The number of carbonyl (C=O) groups excluding carboxylic acids is 1. The Labute approximate surface area is 133 Å². The summed E-state index contributed by atoms with van der Waals surface area (Å²) in [6, 6.07) is 6.35. The minimum atomic E-state index is -0.279. The fourth-order valence-corrected chi connectivity index (χ4v) is 2.71. The lowest BCUT2D eigenvalue weighted by Crippen LogP contribution is -2.39. The highest BCUT2D eigenvalue weighted by Gasteiger charge is 2.33. The van der Waals surface area contributed by atoms with E-state index in [1.165, 1.54) is 6.07 Å². The van der Waals surface area contributed by atoms with E-state index in [2.05, 4.69) is 20.5 Å². The predicted molar refractivity (Wildman–Crippen MR) is 81.3 cm³/mol. The molecule has 1 saturated heterocycles. The number of carbonyl (C=O) groups is 1. The van der Waals surface area contributed by atoms with Gasteiger partial charge in [0, 0.05) is 6.42 Å². The lowest BCUT2D eigenvalue weighted by Gasteiger charge is -2.16. The van der Waals surface area contributed by atoms with Crippen LogP contribution in [0.2, 0.25) is 0 Å². The quantitative estimate of drug-likeness (QED) is 0.875. The molecule has 1 fully saturated rings. The van der Waals surface area contributed by atoms with Crippen LogP contribution in [0, 0.1) is 12.7 Å². The topological polar surface area (TPSA) is 79.9 Å². The minimum Gasteiger partial charge on any atom is -0.378 e. The number of ether oxygens (including phenoxy) is 1. The van der Waals surface area contributed by atoms with Crippen LogP contribution < -0.4 is 5.32 Å². The van der Waals surface area contributed by atoms with Gasteiger partial charge in [-0.1, -0.05) is 18.2 Å². The molecule has 0 spiro atoms. The minimum absolute atomic E-state index is 0.0580. The van der Waals surface area contributed by atoms with Crippen LogP contribution in [-0.2, 0) is 16.0 Å². The van der Waals surface area contributed by atoms with Crippen molar-refractivity contribution in [2.45, 2.75) is 31.7 Å². The second kappa shape index (κ2) is 6.87. The van der Waals surface area contributed by atoms with Gasteiger partial charge >= 0.3 is 0 Å². The molecule has 1 aliphatic heterocycles. The van der Waals surface area contributed by atoms with Gasteiger partial charge in [-0.05, 0) is 25.0 Å². The standard InChI is InChI=1S/C16H19FN4O2/c1-10-18-16(21-20-10)12-8-23-9-14(12)19-15(22)7-6-11-4-2-3-5-13(11)17/h2-5,12,14H,6-9H2,1H3,(H,19,22)(H,18,20,21)/t12-,14+/m1/s1. The number of hydrogen-bond acceptors (Lipinski definition) is 4. The molecule has 2 N–H and O–H groups in total. The zero-order valence-electron chi connectivity index (χ0n) is 12.9. The molecule has 6 nitrogen and oxygen atoms in total. The van der Waals surface area contributed by atoms with Crippen LogP contribution in [0.25, 0.3) is 0 Å². The van der Waals surface area contributed by atoms with Gasteiger partial charge in [0.1, 0.15) is 11.6 Å². The third-order valence-electron chi connectivity index (χ3n) is 3.95. The molecule has 2 aromatic rings. The monoisotopic (exact) mass is 318 g/mol. The Morgan fingerprint density at radius 3 is 3.00 bits per heavy atom. The zero-order chi connectivity index (χ0) is 16.2. The van der Waals surface area contributed by atoms with Gasteiger partial charge in [0.25, 0.3) is 0 Å². The number of hydrogen-bond donors (Lipinski definition) is 2. The summed E-state index contributed by atoms with van der Waals surface area (Å²) in [5.74, 6) is 0.924. The molecule has 7 heteroatoms. The smallest absolute Gasteiger partial charge is 0.220 e. The van der Waals surface area contributed by atoms with E-state index in [4.69, 9.17) is 4.74 Å². The number of nitrogens with one attached hydrogen (secondary N) is 2. The van der Waals surface area contributed by atoms with Gasteiger partial charge in [-0.3, -0.25) is 9.89 Å². The predicted octanol–water partition coefficient (Wildman–Crippen LogP) is 1.48. The van der Waals surface area contributed by atoms with Gasteiger partial charge in [0.15, 0.2) is 5.82 Å². The Hall–Kier alpha value is -2.28. The van der Waals surface area contributed by atoms with E-state index in [9.17, 15) is 9.18 Å². The maximum Gasteiger partial charge on any atom is 0.220 e. The Kier molecular flexibility index (Phi) is 4.66. The van der Waals surface area contributed by atoms with Crippen molar-refractivity contribution in [1.29, 1.82) is 0 Å². The van der Waals surface area contributed by atoms with E-state index in [1.54, 1.807) is 18.2 Å². The number of aromatic amines is 1. The molecule has 1 aromatic heterocycles. The zero-order valence-corrected chi connectivity index (χ0v) is 12.9. The van der Waals surface area contributed by atoms with Gasteiger partial charge in [-0.15, -0.1) is 0 Å². The number of aromatic nitrogens is 3. The van der Waals surface area contributed by atoms with Crippen molar-refractivity contribution >= 4 is 5.91 Å². The first-order valence-corrected chi connectivity index (χ1v) is 7.63. The maximum absolute atomic E-state index is 13.6. The largest absolute Gasteiger partial charge is 0.378 e. The molecule has 0 unspecified atom stereocenters. The Bertz CT molecular complexity index is 688. The molecule has 2 heterocycles. The highest BCUT2D eigenvalue weighted by atomic mass is 19.1. The molecule has 1 amide bonds. The number of H-pyrrole nitrogens is 1. The van der Waals surface area contributed by atoms with Crippen LogP contribution in [0.4, 0.5) is 4.39 Å². The van der Waals surface area contributed by atoms with Crippen molar-refractivity contribution in [1.82, 2.24) is 20.5 Å². The number of nitrogens with zero attached hydrogens (tertiary/aromatic N) is 2. The van der Waals surface area contributed by atoms with E-state index in [-0.39, 0.29) is 30.1 Å². The number of aryl methyl sites for hydroxylation is 2. The molecule has 1 aromatic carbocycles. The van der Waals surface area contributed by atoms with E-state index < -0.39 is 0 Å². The van der Waals surface area contributed by atoms with E-state index in [0.29, 0.717) is 31.0 Å². The van der Waals surface area contributed by atoms with Crippen molar-refractivity contribution in [3.05, 3.63) is 47.3 Å². The van der Waals surface area contributed by atoms with Crippen LogP contribution in [0.5, 0.6) is 0 Å². The van der Waals surface area contributed by atoms with Crippen molar-refractivity contribution in [3.8, 4) is 0 Å². The van der Waals surface area contributed by atoms with E-state index in [0.717, 1.165) is 5.82 Å². The van der Waals surface area contributed by atoms with E-state index >= 15 is 0 Å². The highest BCUT2D eigenvalue weighted by Crippen LogP contribution is 2.23. The molecular weight excluding hydrogens is 299 g/mol. The molecule has 3 rings (SSSR count). The van der Waals surface area contributed by atoms with Crippen LogP contribution in [-0.4, -0.2) is 40.3 Å². The van der Waals surface area contributed by atoms with Crippen LogP contribution >= 0.6 is 0 Å². The number of benzene rings is 1. The molecule has 23 heavy (non-hydrogen) atoms. The normalized spacial score (nSPS) is 20.6. The van der Waals surface area contributed by atoms with Crippen LogP contribution in [0.15, 0.2) is 24.3 Å². The Morgan fingerprint density at radius 1 is 1.43 bits per heavy atom. The molecule has 0 bridgehead atoms. The molecular formula is C16H19FN4O2. The summed E-state index contributed by atoms with van der Waals surface area (Å²) >= 11 is 0. The second-order valence-corrected chi connectivity index (χ2v) is 5.69. The first kappa shape index (κ1) is 15.6. The SMILES string of the molecule is Cc1nc([C@@H]2COC[C@@H]2NC(=O)CCc2ccccc2F)n[nH]1. The second-order valence-electron chi connectivity index (χ2n) is 5.69. The number of amides is 1. The maximum atomic E-state index is 13.6. The van der Waals surface area contributed by atoms with Gasteiger partial charge in [0.05, 0.1) is 25.2 Å². The van der Waals surface area contributed by atoms with Gasteiger partial charge in [-0.2, -0.15) is 5.10 Å². The summed E-state index contributed by atoms with van der Waals surface area (Å²) in [6.45, 7) is 2.74. The Morgan fingerprint density at radius 2 is 2.26 bits per heavy atom. The summed E-state index contributed by atoms with van der Waals surface area (Å²) in [4.78, 5) is 16.4.